The molecule has 0 aliphatic heterocycles. The van der Waals surface area contributed by atoms with Crippen LogP contribution in [0.5, 0.6) is 0 Å². The maximum Gasteiger partial charge on any atom is 0.253 e. The smallest absolute Gasteiger partial charge is 0.253 e. The van der Waals surface area contributed by atoms with Gasteiger partial charge >= 0.3 is 0 Å². The maximum absolute atomic E-state index is 11.7. The summed E-state index contributed by atoms with van der Waals surface area (Å²) < 4.78 is 5.29. The van der Waals surface area contributed by atoms with Crippen molar-refractivity contribution in [3.63, 3.8) is 0 Å². The first-order chi connectivity index (χ1) is 9.06. The standard InChI is InChI=1S/C14H20N2O3/c1-9-5-10(2)16-14(18)12(9)6-15-13(17)8-19-7-11-3-4-11/h5,11H,3-4,6-8H2,1-2H3,(H,15,17)(H,16,18). The van der Waals surface area contributed by atoms with E-state index in [1.54, 1.807) is 0 Å². The van der Waals surface area contributed by atoms with Crippen LogP contribution in [0.15, 0.2) is 10.9 Å². The minimum absolute atomic E-state index is 0.0688. The lowest BCUT2D eigenvalue weighted by molar-refractivity contribution is -0.126. The van der Waals surface area contributed by atoms with Gasteiger partial charge in [0.1, 0.15) is 6.61 Å². The Hall–Kier alpha value is -1.62. The molecule has 19 heavy (non-hydrogen) atoms. The molecule has 1 aromatic rings. The number of carbonyl (C=O) groups excluding carboxylic acids is 1. The molecule has 1 fully saturated rings. The van der Waals surface area contributed by atoms with Crippen molar-refractivity contribution in [2.24, 2.45) is 5.92 Å². The van der Waals surface area contributed by atoms with Gasteiger partial charge < -0.3 is 15.0 Å². The van der Waals surface area contributed by atoms with Gasteiger partial charge in [-0.1, -0.05) is 0 Å². The van der Waals surface area contributed by atoms with Crippen molar-refractivity contribution in [3.8, 4) is 0 Å². The summed E-state index contributed by atoms with van der Waals surface area (Å²) in [4.78, 5) is 26.0. The normalized spacial score (nSPS) is 14.4. The number of nitrogens with one attached hydrogen (secondary N) is 2. The van der Waals surface area contributed by atoms with E-state index in [-0.39, 0.29) is 24.6 Å². The summed E-state index contributed by atoms with van der Waals surface area (Å²) in [7, 11) is 0. The summed E-state index contributed by atoms with van der Waals surface area (Å²) in [6, 6.07) is 1.90. The highest BCUT2D eigenvalue weighted by atomic mass is 16.5. The lowest BCUT2D eigenvalue weighted by Gasteiger charge is -2.08. The van der Waals surface area contributed by atoms with Gasteiger partial charge in [0.15, 0.2) is 0 Å². The van der Waals surface area contributed by atoms with Crippen molar-refractivity contribution in [3.05, 3.63) is 33.2 Å². The van der Waals surface area contributed by atoms with Gasteiger partial charge in [-0.05, 0) is 44.2 Å². The summed E-state index contributed by atoms with van der Waals surface area (Å²) in [5.74, 6) is 0.468. The fourth-order valence-corrected chi connectivity index (χ4v) is 1.94. The Morgan fingerprint density at radius 1 is 1.47 bits per heavy atom. The van der Waals surface area contributed by atoms with Crippen LogP contribution in [0.4, 0.5) is 0 Å². The van der Waals surface area contributed by atoms with E-state index < -0.39 is 0 Å². The van der Waals surface area contributed by atoms with Gasteiger partial charge in [0, 0.05) is 17.8 Å². The topological polar surface area (TPSA) is 71.2 Å². The van der Waals surface area contributed by atoms with Crippen molar-refractivity contribution < 1.29 is 9.53 Å². The number of ether oxygens (including phenoxy) is 1. The molecule has 0 saturated heterocycles. The first kappa shape index (κ1) is 13.8. The number of aromatic nitrogens is 1. The molecule has 1 heterocycles. The predicted molar refractivity (Wildman–Crippen MR) is 71.9 cm³/mol. The van der Waals surface area contributed by atoms with Gasteiger partial charge in [-0.3, -0.25) is 9.59 Å². The van der Waals surface area contributed by atoms with Gasteiger partial charge in [-0.2, -0.15) is 0 Å². The van der Waals surface area contributed by atoms with Crippen molar-refractivity contribution >= 4 is 5.91 Å². The third-order valence-electron chi connectivity index (χ3n) is 3.24. The third kappa shape index (κ3) is 4.21. The minimum Gasteiger partial charge on any atom is -0.371 e. The molecule has 104 valence electrons. The van der Waals surface area contributed by atoms with E-state index in [1.807, 2.05) is 19.9 Å². The van der Waals surface area contributed by atoms with Gasteiger partial charge in [0.2, 0.25) is 5.91 Å². The van der Waals surface area contributed by atoms with Gasteiger partial charge in [0.25, 0.3) is 5.56 Å². The molecule has 1 amide bonds. The Bertz CT molecular complexity index is 518. The average molecular weight is 264 g/mol. The third-order valence-corrected chi connectivity index (χ3v) is 3.24. The monoisotopic (exact) mass is 264 g/mol. The summed E-state index contributed by atoms with van der Waals surface area (Å²) in [6.07, 6.45) is 2.42. The summed E-state index contributed by atoms with van der Waals surface area (Å²) in [6.45, 7) is 4.68. The fourth-order valence-electron chi connectivity index (χ4n) is 1.94. The number of hydrogen-bond acceptors (Lipinski definition) is 3. The highest BCUT2D eigenvalue weighted by Crippen LogP contribution is 2.28. The molecule has 5 heteroatoms. The van der Waals surface area contributed by atoms with Crippen molar-refractivity contribution in [1.29, 1.82) is 0 Å². The molecular formula is C14H20N2O3. The number of pyridine rings is 1. The molecule has 0 aromatic carbocycles. The van der Waals surface area contributed by atoms with Crippen molar-refractivity contribution in [2.75, 3.05) is 13.2 Å². The zero-order chi connectivity index (χ0) is 13.8. The molecule has 1 aliphatic carbocycles. The van der Waals surface area contributed by atoms with Crippen LogP contribution in [-0.2, 0) is 16.1 Å². The Balaban J connectivity index is 1.80. The molecule has 1 aromatic heterocycles. The van der Waals surface area contributed by atoms with Crippen LogP contribution >= 0.6 is 0 Å². The number of hydrogen-bond donors (Lipinski definition) is 2. The first-order valence-electron chi connectivity index (χ1n) is 6.60. The molecule has 1 saturated carbocycles. The molecule has 1 aliphatic rings. The van der Waals surface area contributed by atoms with Gasteiger partial charge in [-0.15, -0.1) is 0 Å². The molecule has 2 N–H and O–H groups in total. The number of aromatic amines is 1. The largest absolute Gasteiger partial charge is 0.371 e. The van der Waals surface area contributed by atoms with Crippen LogP contribution in [0.3, 0.4) is 0 Å². The second kappa shape index (κ2) is 6.02. The number of amides is 1. The van der Waals surface area contributed by atoms with E-state index in [1.165, 1.54) is 12.8 Å². The van der Waals surface area contributed by atoms with E-state index in [9.17, 15) is 9.59 Å². The molecule has 0 bridgehead atoms. The van der Waals surface area contributed by atoms with Crippen molar-refractivity contribution in [2.45, 2.75) is 33.2 Å². The Morgan fingerprint density at radius 3 is 2.84 bits per heavy atom. The van der Waals surface area contributed by atoms with E-state index in [2.05, 4.69) is 10.3 Å². The number of H-pyrrole nitrogens is 1. The Kier molecular flexibility index (Phi) is 4.37. The average Bonchev–Trinajstić information content (AvgIpc) is 3.11. The van der Waals surface area contributed by atoms with Crippen molar-refractivity contribution in [1.82, 2.24) is 10.3 Å². The minimum atomic E-state index is -0.181. The second-order valence-corrected chi connectivity index (χ2v) is 5.18. The number of carbonyl (C=O) groups is 1. The van der Waals surface area contributed by atoms with Gasteiger partial charge in [-0.25, -0.2) is 0 Å². The van der Waals surface area contributed by atoms with Crippen LogP contribution in [-0.4, -0.2) is 24.1 Å². The number of rotatable bonds is 6. The second-order valence-electron chi connectivity index (χ2n) is 5.18. The molecular weight excluding hydrogens is 244 g/mol. The molecule has 0 spiro atoms. The van der Waals surface area contributed by atoms with E-state index in [4.69, 9.17) is 4.74 Å². The van der Waals surface area contributed by atoms with E-state index in [0.717, 1.165) is 11.3 Å². The zero-order valence-electron chi connectivity index (χ0n) is 11.4. The first-order valence-corrected chi connectivity index (χ1v) is 6.60. The van der Waals surface area contributed by atoms with E-state index >= 15 is 0 Å². The van der Waals surface area contributed by atoms with Crippen LogP contribution in [0.25, 0.3) is 0 Å². The van der Waals surface area contributed by atoms with Crippen LogP contribution < -0.4 is 10.9 Å². The molecule has 0 radical (unpaired) electrons. The fraction of sp³-hybridized carbons (Fsp3) is 0.571. The summed E-state index contributed by atoms with van der Waals surface area (Å²) in [5.41, 5.74) is 2.17. The lowest BCUT2D eigenvalue weighted by atomic mass is 10.1. The maximum atomic E-state index is 11.7. The molecule has 0 atom stereocenters. The SMILES string of the molecule is Cc1cc(C)c(CNC(=O)COCC2CC2)c(=O)[nH]1. The Labute approximate surface area is 112 Å². The molecule has 2 rings (SSSR count). The van der Waals surface area contributed by atoms with Crippen LogP contribution in [0.2, 0.25) is 0 Å². The predicted octanol–water partition coefficient (Wildman–Crippen LogP) is 1.03. The molecule has 0 unspecified atom stereocenters. The zero-order valence-corrected chi connectivity index (χ0v) is 11.4. The van der Waals surface area contributed by atoms with Crippen LogP contribution in [0.1, 0.15) is 29.7 Å². The van der Waals surface area contributed by atoms with Gasteiger partial charge in [0.05, 0.1) is 6.61 Å². The Morgan fingerprint density at radius 2 is 2.21 bits per heavy atom. The highest BCUT2D eigenvalue weighted by molar-refractivity contribution is 5.77. The quantitative estimate of drug-likeness (QED) is 0.806. The summed E-state index contributed by atoms with van der Waals surface area (Å²) in [5, 5.41) is 2.71. The number of aryl methyl sites for hydroxylation is 2. The summed E-state index contributed by atoms with van der Waals surface area (Å²) >= 11 is 0. The van der Waals surface area contributed by atoms with E-state index in [0.29, 0.717) is 18.1 Å². The molecule has 5 nitrogen and oxygen atoms in total. The lowest BCUT2D eigenvalue weighted by Crippen LogP contribution is -2.30. The highest BCUT2D eigenvalue weighted by Gasteiger charge is 2.21. The van der Waals surface area contributed by atoms with Crippen LogP contribution in [0, 0.1) is 19.8 Å².